The molecule has 25 heavy (non-hydrogen) atoms. The van der Waals surface area contributed by atoms with Crippen molar-refractivity contribution >= 4 is 43.8 Å². The summed E-state index contributed by atoms with van der Waals surface area (Å²) >= 11 is 1.64. The number of oxazole rings is 1. The van der Waals surface area contributed by atoms with Crippen LogP contribution in [0.3, 0.4) is 0 Å². The summed E-state index contributed by atoms with van der Waals surface area (Å²) in [4.78, 5) is 9.17. The molecular weight excluding hydrogens is 330 g/mol. The van der Waals surface area contributed by atoms with E-state index in [-0.39, 0.29) is 0 Å². The molecular formula is C20H21N3OS. The van der Waals surface area contributed by atoms with E-state index in [1.165, 1.54) is 28.7 Å². The van der Waals surface area contributed by atoms with E-state index in [0.717, 1.165) is 34.6 Å². The predicted octanol–water partition coefficient (Wildman–Crippen LogP) is 6.09. The molecule has 5 heteroatoms. The van der Waals surface area contributed by atoms with Crippen LogP contribution >= 0.6 is 11.3 Å². The van der Waals surface area contributed by atoms with Crippen LogP contribution in [0.15, 0.2) is 40.8 Å². The Morgan fingerprint density at radius 2 is 1.88 bits per heavy atom. The Balaban J connectivity index is 1.59. The van der Waals surface area contributed by atoms with Crippen molar-refractivity contribution in [3.05, 3.63) is 47.5 Å². The van der Waals surface area contributed by atoms with Crippen molar-refractivity contribution < 1.29 is 4.42 Å². The summed E-state index contributed by atoms with van der Waals surface area (Å²) in [5, 5.41) is 4.02. The standard InChI is InChI=1S/C20H21N3OS/c1-3-5-6-14-7-9-15-18(12-14)25-20(22-15)23-19-21-16-11-13(4-2)8-10-17(16)24-19/h7-12H,3-6H2,1-2H3,(H,21,22,23). The smallest absolute Gasteiger partial charge is 0.302 e. The fourth-order valence-electron chi connectivity index (χ4n) is 2.90. The maximum atomic E-state index is 5.79. The molecule has 0 spiro atoms. The van der Waals surface area contributed by atoms with Crippen molar-refractivity contribution in [3.8, 4) is 0 Å². The van der Waals surface area contributed by atoms with E-state index in [1.54, 1.807) is 11.3 Å². The highest BCUT2D eigenvalue weighted by Crippen LogP contribution is 2.30. The van der Waals surface area contributed by atoms with Crippen LogP contribution < -0.4 is 5.32 Å². The fraction of sp³-hybridized carbons (Fsp3) is 0.300. The lowest BCUT2D eigenvalue weighted by Gasteiger charge is -1.98. The molecule has 2 aromatic heterocycles. The van der Waals surface area contributed by atoms with Gasteiger partial charge < -0.3 is 4.42 Å². The molecule has 0 bridgehead atoms. The highest BCUT2D eigenvalue weighted by molar-refractivity contribution is 7.22. The second kappa shape index (κ2) is 6.84. The number of aryl methyl sites for hydroxylation is 2. The number of benzene rings is 2. The van der Waals surface area contributed by atoms with Crippen LogP contribution in [-0.4, -0.2) is 9.97 Å². The minimum atomic E-state index is 0.494. The number of nitrogens with one attached hydrogen (secondary N) is 1. The van der Waals surface area contributed by atoms with Gasteiger partial charge in [0.25, 0.3) is 0 Å². The number of fused-ring (bicyclic) bond motifs is 2. The third-order valence-electron chi connectivity index (χ3n) is 4.35. The number of rotatable bonds is 6. The molecule has 0 saturated heterocycles. The first kappa shape index (κ1) is 16.1. The lowest BCUT2D eigenvalue weighted by atomic mass is 10.1. The number of nitrogens with zero attached hydrogens (tertiary/aromatic N) is 2. The Morgan fingerprint density at radius 1 is 1.00 bits per heavy atom. The molecule has 0 amide bonds. The van der Waals surface area contributed by atoms with Crippen molar-refractivity contribution in [1.82, 2.24) is 9.97 Å². The number of thiazole rings is 1. The Morgan fingerprint density at radius 3 is 2.72 bits per heavy atom. The van der Waals surface area contributed by atoms with Gasteiger partial charge in [-0.15, -0.1) is 0 Å². The molecule has 0 fully saturated rings. The molecule has 0 radical (unpaired) electrons. The van der Waals surface area contributed by atoms with Gasteiger partial charge in [0.05, 0.1) is 10.2 Å². The second-order valence-corrected chi connectivity index (χ2v) is 7.25. The number of hydrogen-bond acceptors (Lipinski definition) is 5. The molecule has 0 unspecified atom stereocenters. The van der Waals surface area contributed by atoms with Crippen LogP contribution in [0.5, 0.6) is 0 Å². The monoisotopic (exact) mass is 351 g/mol. The molecule has 2 aromatic carbocycles. The lowest BCUT2D eigenvalue weighted by Crippen LogP contribution is -1.88. The SMILES string of the molecule is CCCCc1ccc2nc(Nc3nc4cc(CC)ccc4o3)sc2c1. The van der Waals surface area contributed by atoms with Crippen LogP contribution in [-0.2, 0) is 12.8 Å². The van der Waals surface area contributed by atoms with Gasteiger partial charge in [-0.3, -0.25) is 5.32 Å². The first-order valence-corrected chi connectivity index (χ1v) is 9.62. The average molecular weight is 351 g/mol. The van der Waals surface area contributed by atoms with Gasteiger partial charge in [0.15, 0.2) is 10.7 Å². The van der Waals surface area contributed by atoms with Crippen molar-refractivity contribution in [1.29, 1.82) is 0 Å². The van der Waals surface area contributed by atoms with Gasteiger partial charge in [0.1, 0.15) is 5.52 Å². The summed E-state index contributed by atoms with van der Waals surface area (Å²) in [7, 11) is 0. The minimum absolute atomic E-state index is 0.494. The zero-order valence-corrected chi connectivity index (χ0v) is 15.3. The molecule has 4 aromatic rings. The number of unbranched alkanes of at least 4 members (excludes halogenated alkanes) is 1. The van der Waals surface area contributed by atoms with Gasteiger partial charge in [-0.25, -0.2) is 4.98 Å². The summed E-state index contributed by atoms with van der Waals surface area (Å²) in [6, 6.07) is 13.1. The largest absolute Gasteiger partial charge is 0.423 e. The fourth-order valence-corrected chi connectivity index (χ4v) is 3.82. The number of anilines is 2. The molecule has 4 rings (SSSR count). The average Bonchev–Trinajstić information content (AvgIpc) is 3.21. The lowest BCUT2D eigenvalue weighted by molar-refractivity contribution is 0.623. The van der Waals surface area contributed by atoms with E-state index in [2.05, 4.69) is 59.5 Å². The maximum absolute atomic E-state index is 5.79. The Kier molecular flexibility index (Phi) is 4.40. The number of hydrogen-bond donors (Lipinski definition) is 1. The highest BCUT2D eigenvalue weighted by atomic mass is 32.1. The first-order valence-electron chi connectivity index (χ1n) is 8.81. The summed E-state index contributed by atoms with van der Waals surface area (Å²) in [5.74, 6) is 0. The van der Waals surface area contributed by atoms with Crippen LogP contribution in [0.2, 0.25) is 0 Å². The van der Waals surface area contributed by atoms with E-state index in [0.29, 0.717) is 6.01 Å². The topological polar surface area (TPSA) is 51.0 Å². The zero-order valence-electron chi connectivity index (χ0n) is 14.5. The molecule has 128 valence electrons. The van der Waals surface area contributed by atoms with E-state index < -0.39 is 0 Å². The summed E-state index contributed by atoms with van der Waals surface area (Å²) in [6.45, 7) is 4.35. The molecule has 0 saturated carbocycles. The Labute approximate surface area is 150 Å². The van der Waals surface area contributed by atoms with E-state index >= 15 is 0 Å². The summed E-state index contributed by atoms with van der Waals surface area (Å²) in [5.41, 5.74) is 5.31. The van der Waals surface area contributed by atoms with E-state index in [9.17, 15) is 0 Å². The zero-order chi connectivity index (χ0) is 17.2. The molecule has 0 aliphatic carbocycles. The van der Waals surface area contributed by atoms with Crippen LogP contribution in [0.4, 0.5) is 11.1 Å². The highest BCUT2D eigenvalue weighted by Gasteiger charge is 2.10. The third kappa shape index (κ3) is 3.37. The van der Waals surface area contributed by atoms with Crippen LogP contribution in [0.25, 0.3) is 21.3 Å². The summed E-state index contributed by atoms with van der Waals surface area (Å²) in [6.07, 6.45) is 4.55. The van der Waals surface area contributed by atoms with Crippen molar-refractivity contribution in [2.24, 2.45) is 0 Å². The van der Waals surface area contributed by atoms with Gasteiger partial charge in [-0.1, -0.05) is 43.7 Å². The predicted molar refractivity (Wildman–Crippen MR) is 105 cm³/mol. The molecule has 0 atom stereocenters. The normalized spacial score (nSPS) is 11.4. The molecule has 2 heterocycles. The molecule has 0 aliphatic rings. The minimum Gasteiger partial charge on any atom is -0.423 e. The quantitative estimate of drug-likeness (QED) is 0.457. The van der Waals surface area contributed by atoms with E-state index in [1.807, 2.05) is 6.07 Å². The molecule has 0 aliphatic heterocycles. The summed E-state index contributed by atoms with van der Waals surface area (Å²) < 4.78 is 6.98. The Hall–Kier alpha value is -2.40. The molecule has 1 N–H and O–H groups in total. The number of aromatic nitrogens is 2. The van der Waals surface area contributed by atoms with Crippen LogP contribution in [0, 0.1) is 0 Å². The van der Waals surface area contributed by atoms with Gasteiger partial charge in [-0.05, 0) is 54.7 Å². The Bertz CT molecular complexity index is 1020. The van der Waals surface area contributed by atoms with E-state index in [4.69, 9.17) is 4.42 Å². The second-order valence-electron chi connectivity index (χ2n) is 6.22. The van der Waals surface area contributed by atoms with Gasteiger partial charge in [-0.2, -0.15) is 4.98 Å². The van der Waals surface area contributed by atoms with Crippen molar-refractivity contribution in [3.63, 3.8) is 0 Å². The third-order valence-corrected chi connectivity index (χ3v) is 5.28. The van der Waals surface area contributed by atoms with Gasteiger partial charge >= 0.3 is 6.01 Å². The van der Waals surface area contributed by atoms with Gasteiger partial charge in [0, 0.05) is 0 Å². The van der Waals surface area contributed by atoms with Crippen molar-refractivity contribution in [2.75, 3.05) is 5.32 Å². The first-order chi connectivity index (χ1) is 12.2. The molecule has 4 nitrogen and oxygen atoms in total. The van der Waals surface area contributed by atoms with Crippen molar-refractivity contribution in [2.45, 2.75) is 39.5 Å². The van der Waals surface area contributed by atoms with Crippen LogP contribution in [0.1, 0.15) is 37.8 Å². The van der Waals surface area contributed by atoms with Gasteiger partial charge in [0.2, 0.25) is 0 Å². The maximum Gasteiger partial charge on any atom is 0.302 e.